The largest absolute Gasteiger partial charge is 0.462 e. The highest BCUT2D eigenvalue weighted by molar-refractivity contribution is 6.53. The van der Waals surface area contributed by atoms with Gasteiger partial charge in [-0.1, -0.05) is 0 Å². The Morgan fingerprint density at radius 3 is 1.91 bits per heavy atom. The molecule has 0 heterocycles. The van der Waals surface area contributed by atoms with Crippen LogP contribution in [0.5, 0.6) is 0 Å². The first-order valence-corrected chi connectivity index (χ1v) is 5.72. The zero-order chi connectivity index (χ0) is 7.52. The molecular formula is C10H10Mg. The number of hydrogen-bond donors (Lipinski definition) is 0. The molecule has 0 aromatic carbocycles. The van der Waals surface area contributed by atoms with Gasteiger partial charge in [0, 0.05) is 0 Å². The van der Waals surface area contributed by atoms with Crippen LogP contribution in [0.15, 0.2) is 31.0 Å². The number of hydrogen-bond acceptors (Lipinski definition) is 0. The lowest BCUT2D eigenvalue weighted by atomic mass is 10.4. The van der Waals surface area contributed by atoms with E-state index in [0.29, 0.717) is 0 Å². The summed E-state index contributed by atoms with van der Waals surface area (Å²) in [6.07, 6.45) is 9.41. The zero-order valence-corrected chi connectivity index (χ0v) is 8.10. The van der Waals surface area contributed by atoms with Crippen LogP contribution in [0.1, 0.15) is 25.7 Å². The second kappa shape index (κ2) is 3.47. The maximum atomic E-state index is 3.36. The Morgan fingerprint density at radius 2 is 1.55 bits per heavy atom. The first kappa shape index (κ1) is 7.46. The van der Waals surface area contributed by atoms with Crippen molar-refractivity contribution in [2.24, 2.45) is 0 Å². The summed E-state index contributed by atoms with van der Waals surface area (Å²) < 4.78 is 3.23. The van der Waals surface area contributed by atoms with Crippen molar-refractivity contribution in [3.63, 3.8) is 0 Å². The molecule has 0 amide bonds. The molecule has 2 aliphatic rings. The van der Waals surface area contributed by atoms with Gasteiger partial charge in [0.15, 0.2) is 0 Å². The van der Waals surface area contributed by atoms with E-state index in [0.717, 1.165) is 0 Å². The van der Waals surface area contributed by atoms with Crippen LogP contribution in [-0.2, 0) is 0 Å². The van der Waals surface area contributed by atoms with Gasteiger partial charge in [0.25, 0.3) is 0 Å². The van der Waals surface area contributed by atoms with Crippen LogP contribution >= 0.6 is 0 Å². The van der Waals surface area contributed by atoms with E-state index in [-0.39, 0.29) is 20.4 Å². The van der Waals surface area contributed by atoms with Crippen molar-refractivity contribution in [2.75, 3.05) is 0 Å². The summed E-state index contributed by atoms with van der Waals surface area (Å²) in [7, 11) is 0. The smallest absolute Gasteiger partial charge is 0.157 e. The Hall–Kier alpha value is -0.194. The summed E-state index contributed by atoms with van der Waals surface area (Å²) in [4.78, 5) is 0. The fourth-order valence-electron chi connectivity index (χ4n) is 1.61. The minimum Gasteiger partial charge on any atom is -0.157 e. The molecule has 0 saturated carbocycles. The fraction of sp³-hybridized carbons (Fsp3) is 0.400. The number of allylic oxidation sites excluding steroid dienone is 2. The standard InChI is InChI=1S/2C5H5.Mg/c2*1-2-4-5-3-1;/h2*1H,2,4H2;. The van der Waals surface area contributed by atoms with Crippen molar-refractivity contribution >= 4 is 20.4 Å². The van der Waals surface area contributed by atoms with Gasteiger partial charge in [-0.05, 0) is 37.8 Å². The van der Waals surface area contributed by atoms with Crippen LogP contribution in [0, 0.1) is 0 Å². The third kappa shape index (κ3) is 1.88. The van der Waals surface area contributed by atoms with Gasteiger partial charge in [0.2, 0.25) is 0 Å². The summed E-state index contributed by atoms with van der Waals surface area (Å²) in [5, 5.41) is 0. The average Bonchev–Trinajstić information content (AvgIpc) is 2.60. The third-order valence-electron chi connectivity index (χ3n) is 2.22. The maximum Gasteiger partial charge on any atom is 0.462 e. The second-order valence-electron chi connectivity index (χ2n) is 3.16. The fourth-order valence-corrected chi connectivity index (χ4v) is 3.38. The molecular weight excluding hydrogens is 144 g/mol. The molecule has 0 unspecified atom stereocenters. The van der Waals surface area contributed by atoms with E-state index >= 15 is 0 Å². The molecule has 2 rings (SSSR count). The van der Waals surface area contributed by atoms with Crippen LogP contribution in [0.25, 0.3) is 0 Å². The first-order valence-electron chi connectivity index (χ1n) is 4.31. The van der Waals surface area contributed by atoms with Crippen LogP contribution in [0.4, 0.5) is 0 Å². The van der Waals surface area contributed by atoms with E-state index in [9.17, 15) is 0 Å². The first-order chi connectivity index (χ1) is 5.45. The van der Waals surface area contributed by atoms with Gasteiger partial charge in [0.05, 0.1) is 0 Å². The molecule has 52 valence electrons. The highest BCUT2D eigenvalue weighted by Crippen LogP contribution is 2.16. The van der Waals surface area contributed by atoms with E-state index in [1.807, 2.05) is 0 Å². The third-order valence-corrected chi connectivity index (χ3v) is 4.19. The quantitative estimate of drug-likeness (QED) is 0.423. The minimum atomic E-state index is -0.0872. The normalized spacial score (nSPS) is 20.0. The van der Waals surface area contributed by atoms with E-state index in [4.69, 9.17) is 0 Å². The van der Waals surface area contributed by atoms with E-state index in [1.54, 1.807) is 7.40 Å². The molecule has 2 aliphatic carbocycles. The van der Waals surface area contributed by atoms with E-state index in [2.05, 4.69) is 23.6 Å². The lowest BCUT2D eigenvalue weighted by Gasteiger charge is -1.97. The summed E-state index contributed by atoms with van der Waals surface area (Å²) >= 11 is -0.0872. The molecule has 0 aromatic rings. The molecule has 0 saturated heterocycles. The van der Waals surface area contributed by atoms with Crippen LogP contribution < -0.4 is 0 Å². The summed E-state index contributed by atoms with van der Waals surface area (Å²) in [5.41, 5.74) is 6.72. The molecule has 1 heteroatoms. The Morgan fingerprint density at radius 1 is 1.00 bits per heavy atom. The SMILES string of the molecule is C1=CCC[C]=1[Mg][C]1=C=CCC1. The van der Waals surface area contributed by atoms with Crippen LogP contribution in [0.2, 0.25) is 0 Å². The predicted molar refractivity (Wildman–Crippen MR) is 47.4 cm³/mol. The molecule has 0 nitrogen and oxygen atoms in total. The lowest BCUT2D eigenvalue weighted by Crippen LogP contribution is -1.96. The Labute approximate surface area is 77.1 Å². The van der Waals surface area contributed by atoms with Gasteiger partial charge in [-0.15, -0.1) is 7.40 Å². The van der Waals surface area contributed by atoms with Gasteiger partial charge in [0.1, 0.15) is 0 Å². The Kier molecular flexibility index (Phi) is 2.35. The van der Waals surface area contributed by atoms with Crippen LogP contribution in [0.3, 0.4) is 0 Å². The molecule has 11 heavy (non-hydrogen) atoms. The second-order valence-corrected chi connectivity index (χ2v) is 5.22. The van der Waals surface area contributed by atoms with Crippen LogP contribution in [-0.4, -0.2) is 20.4 Å². The Balaban J connectivity index is 2.00. The minimum absolute atomic E-state index is 0.0872. The van der Waals surface area contributed by atoms with E-state index < -0.39 is 0 Å². The lowest BCUT2D eigenvalue weighted by molar-refractivity contribution is 1.05. The zero-order valence-electron chi connectivity index (χ0n) is 6.69. The maximum absolute atomic E-state index is 3.36. The highest BCUT2D eigenvalue weighted by atomic mass is 24.5. The Bertz CT molecular complexity index is 254. The molecule has 0 fully saturated rings. The molecule has 0 spiro atoms. The van der Waals surface area contributed by atoms with Gasteiger partial charge in [-0.25, -0.2) is 0 Å². The highest BCUT2D eigenvalue weighted by Gasteiger charge is 2.10. The van der Waals surface area contributed by atoms with E-state index in [1.165, 1.54) is 25.7 Å². The van der Waals surface area contributed by atoms with Gasteiger partial charge < -0.3 is 0 Å². The van der Waals surface area contributed by atoms with Gasteiger partial charge in [-0.2, -0.15) is 11.5 Å². The van der Waals surface area contributed by atoms with Crippen molar-refractivity contribution in [1.82, 2.24) is 0 Å². The number of rotatable bonds is 2. The van der Waals surface area contributed by atoms with Crippen molar-refractivity contribution < 1.29 is 0 Å². The van der Waals surface area contributed by atoms with Crippen molar-refractivity contribution in [3.8, 4) is 0 Å². The molecule has 0 aliphatic heterocycles. The van der Waals surface area contributed by atoms with Crippen molar-refractivity contribution in [1.29, 1.82) is 0 Å². The summed E-state index contributed by atoms with van der Waals surface area (Å²) in [6, 6.07) is 0. The monoisotopic (exact) mass is 154 g/mol. The summed E-state index contributed by atoms with van der Waals surface area (Å²) in [6.45, 7) is 0. The van der Waals surface area contributed by atoms with Gasteiger partial charge in [-0.3, -0.25) is 0 Å². The topological polar surface area (TPSA) is 0 Å². The molecule has 0 atom stereocenters. The predicted octanol–water partition coefficient (Wildman–Crippen LogP) is 2.36. The average molecular weight is 154 g/mol. The molecule has 0 N–H and O–H groups in total. The summed E-state index contributed by atoms with van der Waals surface area (Å²) in [5.74, 6) is 0. The van der Waals surface area contributed by atoms with Gasteiger partial charge >= 0.3 is 20.4 Å². The van der Waals surface area contributed by atoms with Crippen molar-refractivity contribution in [2.45, 2.75) is 25.7 Å². The van der Waals surface area contributed by atoms with Crippen molar-refractivity contribution in [3.05, 3.63) is 31.0 Å². The molecule has 0 radical (unpaired) electrons. The molecule has 0 bridgehead atoms. The molecule has 0 aromatic heterocycles.